The lowest BCUT2D eigenvalue weighted by Gasteiger charge is -2.26. The number of hydrogen-bond donors (Lipinski definition) is 0. The second-order valence-corrected chi connectivity index (χ2v) is 5.85. The fourth-order valence-electron chi connectivity index (χ4n) is 1.77. The van der Waals surface area contributed by atoms with Crippen molar-refractivity contribution >= 4 is 10.0 Å². The molecule has 1 aromatic carbocycles. The highest BCUT2D eigenvalue weighted by molar-refractivity contribution is 7.89. The molecule has 111 valence electrons. The predicted octanol–water partition coefficient (Wildman–Crippen LogP) is 0.991. The van der Waals surface area contributed by atoms with Crippen molar-refractivity contribution in [3.63, 3.8) is 0 Å². The second-order valence-electron chi connectivity index (χ2n) is 3.97. The Morgan fingerprint density at radius 2 is 1.20 bits per heavy atom. The molecule has 10 heteroatoms. The van der Waals surface area contributed by atoms with Crippen molar-refractivity contribution in [2.75, 3.05) is 26.2 Å². The normalized spacial score (nSPS) is 17.4. The van der Waals surface area contributed by atoms with Gasteiger partial charge in [0.1, 0.15) is 0 Å². The van der Waals surface area contributed by atoms with E-state index in [9.17, 15) is 30.4 Å². The summed E-state index contributed by atoms with van der Waals surface area (Å²) in [6, 6.07) is 0. The zero-order chi connectivity index (χ0) is 15.1. The fraction of sp³-hybridized carbons (Fsp3) is 0.400. The molecule has 0 saturated carbocycles. The number of benzene rings is 1. The van der Waals surface area contributed by atoms with Gasteiger partial charge in [-0.15, -0.1) is 0 Å². The van der Waals surface area contributed by atoms with E-state index < -0.39 is 44.0 Å². The highest BCUT2D eigenvalue weighted by Gasteiger charge is 2.37. The third-order valence-corrected chi connectivity index (χ3v) is 4.70. The summed E-state index contributed by atoms with van der Waals surface area (Å²) in [5, 5.41) is 3.83. The summed E-state index contributed by atoms with van der Waals surface area (Å²) in [6.45, 7) is -0.174. The highest BCUT2D eigenvalue weighted by atomic mass is 32.2. The molecular weight excluding hydrogens is 307 g/mol. The van der Waals surface area contributed by atoms with Crippen LogP contribution < -0.4 is 5.32 Å². The fourth-order valence-corrected chi connectivity index (χ4v) is 3.30. The first-order valence-electron chi connectivity index (χ1n) is 5.43. The molecule has 0 N–H and O–H groups in total. The van der Waals surface area contributed by atoms with Crippen LogP contribution in [0.4, 0.5) is 22.0 Å². The predicted molar refractivity (Wildman–Crippen MR) is 56.9 cm³/mol. The maximum Gasteiger partial charge on any atom is 0.249 e. The van der Waals surface area contributed by atoms with Crippen molar-refractivity contribution in [2.24, 2.45) is 0 Å². The second kappa shape index (κ2) is 5.26. The van der Waals surface area contributed by atoms with E-state index in [-0.39, 0.29) is 26.2 Å². The Morgan fingerprint density at radius 1 is 0.800 bits per heavy atom. The van der Waals surface area contributed by atoms with E-state index in [2.05, 4.69) is 5.32 Å². The third-order valence-electron chi connectivity index (χ3n) is 2.78. The minimum atomic E-state index is -4.81. The van der Waals surface area contributed by atoms with E-state index in [0.29, 0.717) is 4.31 Å². The zero-order valence-corrected chi connectivity index (χ0v) is 10.7. The van der Waals surface area contributed by atoms with E-state index >= 15 is 0 Å². The van der Waals surface area contributed by atoms with Crippen molar-refractivity contribution in [1.29, 1.82) is 0 Å². The first kappa shape index (κ1) is 15.1. The molecule has 1 saturated heterocycles. The largest absolute Gasteiger partial charge is 0.249 e. The molecule has 1 aromatic rings. The minimum Gasteiger partial charge on any atom is -0.239 e. The van der Waals surface area contributed by atoms with Crippen molar-refractivity contribution in [2.45, 2.75) is 4.90 Å². The average molecular weight is 315 g/mol. The number of nitrogens with zero attached hydrogens (tertiary/aromatic N) is 2. The SMILES string of the molecule is O=S(=O)(c1c(F)c(F)c(F)c(F)c1F)N1CC[N]CC1. The van der Waals surface area contributed by atoms with Crippen molar-refractivity contribution in [3.8, 4) is 0 Å². The van der Waals surface area contributed by atoms with Gasteiger partial charge in [-0.05, 0) is 0 Å². The summed E-state index contributed by atoms with van der Waals surface area (Å²) in [6.07, 6.45) is 0. The van der Waals surface area contributed by atoms with Crippen LogP contribution in [0.2, 0.25) is 0 Å². The minimum absolute atomic E-state index is 0.0919. The van der Waals surface area contributed by atoms with Crippen LogP contribution >= 0.6 is 0 Å². The number of sulfonamides is 1. The summed E-state index contributed by atoms with van der Waals surface area (Å²) >= 11 is 0. The molecule has 0 atom stereocenters. The molecule has 1 heterocycles. The molecule has 1 fully saturated rings. The summed E-state index contributed by atoms with van der Waals surface area (Å²) in [5.74, 6) is -11.7. The van der Waals surface area contributed by atoms with Gasteiger partial charge in [0.05, 0.1) is 0 Å². The van der Waals surface area contributed by atoms with Crippen LogP contribution in [0.5, 0.6) is 0 Å². The Balaban J connectivity index is 2.63. The summed E-state index contributed by atoms with van der Waals surface area (Å²) in [4.78, 5) is -1.82. The van der Waals surface area contributed by atoms with Gasteiger partial charge in [-0.25, -0.2) is 35.7 Å². The van der Waals surface area contributed by atoms with Gasteiger partial charge in [-0.2, -0.15) is 4.31 Å². The van der Waals surface area contributed by atoms with Crippen molar-refractivity contribution in [3.05, 3.63) is 29.1 Å². The lowest BCUT2D eigenvalue weighted by atomic mass is 10.3. The van der Waals surface area contributed by atoms with Gasteiger partial charge in [-0.3, -0.25) is 0 Å². The van der Waals surface area contributed by atoms with E-state index in [4.69, 9.17) is 0 Å². The number of hydrogen-bond acceptors (Lipinski definition) is 2. The number of rotatable bonds is 2. The van der Waals surface area contributed by atoms with Gasteiger partial charge in [-0.1, -0.05) is 0 Å². The van der Waals surface area contributed by atoms with Crippen molar-refractivity contribution in [1.82, 2.24) is 9.62 Å². The first-order chi connectivity index (χ1) is 9.28. The molecule has 0 amide bonds. The Labute approximate surface area is 111 Å². The highest BCUT2D eigenvalue weighted by Crippen LogP contribution is 2.29. The van der Waals surface area contributed by atoms with Crippen LogP contribution in [0.3, 0.4) is 0 Å². The van der Waals surface area contributed by atoms with Gasteiger partial charge >= 0.3 is 0 Å². The molecule has 0 aliphatic carbocycles. The van der Waals surface area contributed by atoms with E-state index in [1.54, 1.807) is 0 Å². The quantitative estimate of drug-likeness (QED) is 0.464. The van der Waals surface area contributed by atoms with Gasteiger partial charge < -0.3 is 0 Å². The Morgan fingerprint density at radius 3 is 1.65 bits per heavy atom. The Bertz CT molecular complexity index is 615. The van der Waals surface area contributed by atoms with E-state index in [0.717, 1.165) is 0 Å². The Kier molecular flexibility index (Phi) is 3.98. The monoisotopic (exact) mass is 315 g/mol. The molecule has 1 aliphatic rings. The van der Waals surface area contributed by atoms with Gasteiger partial charge in [0.15, 0.2) is 28.2 Å². The maximum absolute atomic E-state index is 13.5. The van der Waals surface area contributed by atoms with Crippen molar-refractivity contribution < 1.29 is 30.4 Å². The molecule has 2 rings (SSSR count). The van der Waals surface area contributed by atoms with Crippen LogP contribution in [-0.2, 0) is 10.0 Å². The first-order valence-corrected chi connectivity index (χ1v) is 6.87. The lowest BCUT2D eigenvalue weighted by molar-refractivity contribution is 0.335. The molecule has 4 nitrogen and oxygen atoms in total. The molecule has 20 heavy (non-hydrogen) atoms. The standard InChI is InChI=1S/C10H8F5N2O2S/c11-5-6(12)8(14)10(9(15)7(5)13)20(18,19)17-3-1-16-2-4-17/h1-4H2. The summed E-state index contributed by atoms with van der Waals surface area (Å²) in [7, 11) is -4.81. The maximum atomic E-state index is 13.5. The van der Waals surface area contributed by atoms with Crippen LogP contribution in [0.25, 0.3) is 0 Å². The molecule has 0 unspecified atom stereocenters. The smallest absolute Gasteiger partial charge is 0.239 e. The van der Waals surface area contributed by atoms with Gasteiger partial charge in [0, 0.05) is 26.2 Å². The third kappa shape index (κ3) is 2.27. The van der Waals surface area contributed by atoms with Gasteiger partial charge in [0.25, 0.3) is 0 Å². The summed E-state index contributed by atoms with van der Waals surface area (Å²) < 4.78 is 90.6. The average Bonchev–Trinajstić information content (AvgIpc) is 2.44. The topological polar surface area (TPSA) is 51.5 Å². The van der Waals surface area contributed by atoms with Crippen LogP contribution in [-0.4, -0.2) is 38.9 Å². The number of piperazine rings is 1. The number of halogens is 5. The molecule has 0 bridgehead atoms. The molecule has 0 aromatic heterocycles. The van der Waals surface area contributed by atoms with E-state index in [1.807, 2.05) is 0 Å². The van der Waals surface area contributed by atoms with Gasteiger partial charge in [0.2, 0.25) is 15.8 Å². The summed E-state index contributed by atoms with van der Waals surface area (Å²) in [5.41, 5.74) is 0. The zero-order valence-electron chi connectivity index (χ0n) is 9.84. The molecule has 1 aliphatic heterocycles. The molecule has 1 radical (unpaired) electrons. The lowest BCUT2D eigenvalue weighted by Crippen LogP contribution is -2.44. The molecule has 0 spiro atoms. The van der Waals surface area contributed by atoms with Crippen LogP contribution in [0, 0.1) is 29.1 Å². The molecular formula is C10H8F5N2O2S. The van der Waals surface area contributed by atoms with Crippen LogP contribution in [0.15, 0.2) is 4.90 Å². The van der Waals surface area contributed by atoms with E-state index in [1.165, 1.54) is 0 Å². The van der Waals surface area contributed by atoms with Crippen LogP contribution in [0.1, 0.15) is 0 Å². The Hall–Kier alpha value is -1.26.